The van der Waals surface area contributed by atoms with Crippen LogP contribution in [0.2, 0.25) is 0 Å². The van der Waals surface area contributed by atoms with Crippen LogP contribution in [-0.2, 0) is 19.2 Å². The minimum atomic E-state index is -1.21. The molecule has 12 nitrogen and oxygen atoms in total. The van der Waals surface area contributed by atoms with E-state index in [2.05, 4.69) is 25.0 Å². The Kier molecular flexibility index (Phi) is 7.64. The number of nitrogens with zero attached hydrogens (tertiary/aromatic N) is 5. The van der Waals surface area contributed by atoms with E-state index >= 15 is 0 Å². The Morgan fingerprint density at radius 1 is 1.34 bits per heavy atom. The van der Waals surface area contributed by atoms with Gasteiger partial charge in [-0.3, -0.25) is 14.5 Å². The van der Waals surface area contributed by atoms with Crippen LogP contribution in [0.1, 0.15) is 5.69 Å². The SMILES string of the molecule is CON=C(C(=O)NC1C(=O)N2C(C(=O)O)=C(CSc3nnsc3-c3ccccc3)CSC12)c1csc(N)n1. The smallest absolute Gasteiger partial charge is 0.352 e. The number of carboxylic acid groups (broad SMARTS) is 1. The molecule has 1 fully saturated rings. The predicted octanol–water partition coefficient (Wildman–Crippen LogP) is 2.13. The maximum absolute atomic E-state index is 13.1. The number of rotatable bonds is 9. The number of nitrogens with one attached hydrogen (secondary N) is 1. The molecule has 2 aromatic heterocycles. The van der Waals surface area contributed by atoms with Crippen molar-refractivity contribution in [2.45, 2.75) is 16.4 Å². The van der Waals surface area contributed by atoms with Crippen LogP contribution in [0.4, 0.5) is 5.13 Å². The molecule has 0 radical (unpaired) electrons. The van der Waals surface area contributed by atoms with Gasteiger partial charge in [-0.1, -0.05) is 51.7 Å². The summed E-state index contributed by atoms with van der Waals surface area (Å²) in [4.78, 5) is 49.1. The molecule has 2 atom stereocenters. The molecule has 0 aliphatic carbocycles. The maximum atomic E-state index is 13.1. The molecule has 16 heteroatoms. The number of nitrogens with two attached hydrogens (primary N) is 1. The Balaban J connectivity index is 1.31. The first-order valence-electron chi connectivity index (χ1n) is 10.9. The fourth-order valence-corrected chi connectivity index (χ4v) is 7.72. The van der Waals surface area contributed by atoms with Crippen molar-refractivity contribution in [3.63, 3.8) is 0 Å². The van der Waals surface area contributed by atoms with Gasteiger partial charge < -0.3 is 21.0 Å². The number of aliphatic carboxylic acids is 1. The number of carbonyl (C=O) groups excluding carboxylic acids is 2. The topological polar surface area (TPSA) is 173 Å². The van der Waals surface area contributed by atoms with Crippen molar-refractivity contribution in [2.24, 2.45) is 5.16 Å². The number of hydrogen-bond donors (Lipinski definition) is 3. The summed E-state index contributed by atoms with van der Waals surface area (Å²) in [6, 6.07) is 8.76. The van der Waals surface area contributed by atoms with Crippen LogP contribution in [0.15, 0.2) is 57.2 Å². The van der Waals surface area contributed by atoms with Gasteiger partial charge in [0.1, 0.15) is 34.9 Å². The number of anilines is 1. The van der Waals surface area contributed by atoms with Gasteiger partial charge in [0.25, 0.3) is 11.8 Å². The molecule has 0 saturated carbocycles. The Hall–Kier alpha value is -3.47. The lowest BCUT2D eigenvalue weighted by Gasteiger charge is -2.49. The lowest BCUT2D eigenvalue weighted by Crippen LogP contribution is -2.71. The average Bonchev–Trinajstić information content (AvgIpc) is 3.57. The zero-order valence-electron chi connectivity index (χ0n) is 19.6. The van der Waals surface area contributed by atoms with Crippen LogP contribution < -0.4 is 11.1 Å². The fraction of sp³-hybridized carbons (Fsp3) is 0.227. The quantitative estimate of drug-likeness (QED) is 0.144. The van der Waals surface area contributed by atoms with Crippen molar-refractivity contribution in [3.8, 4) is 10.4 Å². The van der Waals surface area contributed by atoms with Crippen LogP contribution in [-0.4, -0.2) is 78.1 Å². The number of carbonyl (C=O) groups is 3. The number of carboxylic acids is 1. The standard InChI is InChI=1S/C22H19N7O5S4/c1-34-27-13(12-9-37-22(23)24-12)17(30)25-14-19(31)29-15(21(32)33)11(8-36-20(14)29)7-35-18-16(38-28-26-18)10-5-3-2-4-6-10/h2-6,9,14,20H,7-8H2,1H3,(H2,23,24)(H,25,30)(H,32,33). The molecule has 0 bridgehead atoms. The van der Waals surface area contributed by atoms with Crippen LogP contribution in [0.25, 0.3) is 10.4 Å². The molecule has 0 spiro atoms. The van der Waals surface area contributed by atoms with Gasteiger partial charge in [-0.05, 0) is 22.7 Å². The zero-order valence-corrected chi connectivity index (χ0v) is 22.8. The van der Waals surface area contributed by atoms with Gasteiger partial charge in [0, 0.05) is 16.9 Å². The fourth-order valence-electron chi connectivity index (χ4n) is 3.89. The highest BCUT2D eigenvalue weighted by Gasteiger charge is 2.54. The van der Waals surface area contributed by atoms with Crippen molar-refractivity contribution in [2.75, 3.05) is 24.3 Å². The molecule has 1 saturated heterocycles. The molecule has 3 aromatic rings. The van der Waals surface area contributed by atoms with Crippen LogP contribution >= 0.6 is 46.4 Å². The van der Waals surface area contributed by atoms with Gasteiger partial charge in [-0.2, -0.15) is 0 Å². The Bertz CT molecular complexity index is 1450. The Morgan fingerprint density at radius 2 is 2.13 bits per heavy atom. The third-order valence-electron chi connectivity index (χ3n) is 5.58. The van der Waals surface area contributed by atoms with Gasteiger partial charge in [0.2, 0.25) is 0 Å². The van der Waals surface area contributed by atoms with E-state index in [-0.39, 0.29) is 22.2 Å². The number of β-lactam (4-membered cyclic amide) rings is 1. The minimum absolute atomic E-state index is 0.0701. The second-order valence-electron chi connectivity index (χ2n) is 7.87. The van der Waals surface area contributed by atoms with E-state index in [1.54, 1.807) is 5.38 Å². The van der Waals surface area contributed by atoms with Crippen LogP contribution in [0.5, 0.6) is 0 Å². The van der Waals surface area contributed by atoms with E-state index in [1.807, 2.05) is 30.3 Å². The van der Waals surface area contributed by atoms with Crippen molar-refractivity contribution < 1.29 is 24.3 Å². The lowest BCUT2D eigenvalue weighted by atomic mass is 10.0. The molecule has 38 heavy (non-hydrogen) atoms. The minimum Gasteiger partial charge on any atom is -0.477 e. The highest BCUT2D eigenvalue weighted by molar-refractivity contribution is 8.01. The van der Waals surface area contributed by atoms with Crippen LogP contribution in [0.3, 0.4) is 0 Å². The number of benzene rings is 1. The van der Waals surface area contributed by atoms with Crippen molar-refractivity contribution in [1.29, 1.82) is 0 Å². The third kappa shape index (κ3) is 4.99. The number of nitrogen functional groups attached to an aromatic ring is 1. The van der Waals surface area contributed by atoms with Crippen molar-refractivity contribution >= 4 is 75.0 Å². The molecule has 1 aromatic carbocycles. The number of thioether (sulfide) groups is 2. The molecule has 4 N–H and O–H groups in total. The van der Waals surface area contributed by atoms with E-state index in [4.69, 9.17) is 10.6 Å². The second kappa shape index (κ2) is 11.1. The van der Waals surface area contributed by atoms with Gasteiger partial charge in [-0.15, -0.1) is 28.2 Å². The first kappa shape index (κ1) is 26.1. The Morgan fingerprint density at radius 3 is 2.82 bits per heavy atom. The first-order chi connectivity index (χ1) is 18.4. The normalized spacial score (nSPS) is 19.1. The van der Waals surface area contributed by atoms with Crippen LogP contribution in [0, 0.1) is 0 Å². The number of aromatic nitrogens is 3. The molecule has 2 aliphatic heterocycles. The highest BCUT2D eigenvalue weighted by Crippen LogP contribution is 2.42. The number of fused-ring (bicyclic) bond motifs is 1. The molecule has 2 aliphatic rings. The van der Waals surface area contributed by atoms with Crippen molar-refractivity contribution in [3.05, 3.63) is 52.7 Å². The van der Waals surface area contributed by atoms with Crippen molar-refractivity contribution in [1.82, 2.24) is 24.8 Å². The summed E-state index contributed by atoms with van der Waals surface area (Å²) < 4.78 is 4.05. The highest BCUT2D eigenvalue weighted by atomic mass is 32.2. The maximum Gasteiger partial charge on any atom is 0.352 e. The molecular weight excluding hydrogens is 571 g/mol. The molecule has 5 rings (SSSR count). The molecule has 2 amide bonds. The predicted molar refractivity (Wildman–Crippen MR) is 146 cm³/mol. The largest absolute Gasteiger partial charge is 0.477 e. The van der Waals surface area contributed by atoms with E-state index < -0.39 is 29.2 Å². The van der Waals surface area contributed by atoms with Gasteiger partial charge >= 0.3 is 5.97 Å². The summed E-state index contributed by atoms with van der Waals surface area (Å²) in [5.41, 5.74) is 7.23. The number of hydrogen-bond acceptors (Lipinski definition) is 13. The molecule has 196 valence electrons. The average molecular weight is 590 g/mol. The Labute approximate surface area is 232 Å². The lowest BCUT2D eigenvalue weighted by molar-refractivity contribution is -0.150. The summed E-state index contributed by atoms with van der Waals surface area (Å²) in [7, 11) is 1.28. The van der Waals surface area contributed by atoms with E-state index in [1.165, 1.54) is 47.1 Å². The molecule has 2 unspecified atom stereocenters. The van der Waals surface area contributed by atoms with E-state index in [9.17, 15) is 19.5 Å². The van der Waals surface area contributed by atoms with E-state index in [0.29, 0.717) is 22.1 Å². The zero-order chi connectivity index (χ0) is 26.8. The summed E-state index contributed by atoms with van der Waals surface area (Å²) in [6.07, 6.45) is 0. The molecular formula is C22H19N7O5S4. The summed E-state index contributed by atoms with van der Waals surface area (Å²) >= 11 is 5.15. The monoisotopic (exact) mass is 589 g/mol. The number of thiazole rings is 1. The third-order valence-corrected chi connectivity index (χ3v) is 9.55. The number of oxime groups is 1. The van der Waals surface area contributed by atoms with Gasteiger partial charge in [-0.25, -0.2) is 9.78 Å². The van der Waals surface area contributed by atoms with E-state index in [0.717, 1.165) is 21.8 Å². The second-order valence-corrected chi connectivity index (χ2v) is 11.6. The summed E-state index contributed by atoms with van der Waals surface area (Å²) in [5, 5.41) is 22.5. The number of amides is 2. The van der Waals surface area contributed by atoms with Gasteiger partial charge in [0.15, 0.2) is 10.8 Å². The molecule has 4 heterocycles. The van der Waals surface area contributed by atoms with Gasteiger partial charge in [0.05, 0.1) is 4.88 Å². The first-order valence-corrected chi connectivity index (χ1v) is 14.6. The summed E-state index contributed by atoms with van der Waals surface area (Å²) in [6.45, 7) is 0. The summed E-state index contributed by atoms with van der Waals surface area (Å²) in [5.74, 6) is -1.71.